The molecular formula is C51H37N3. The molecule has 0 spiro atoms. The van der Waals surface area contributed by atoms with Gasteiger partial charge in [-0.1, -0.05) is 182 Å². The van der Waals surface area contributed by atoms with E-state index in [1.807, 2.05) is 24.3 Å². The number of benzene rings is 8. The number of nitrogens with one attached hydrogen (secondary N) is 1. The lowest BCUT2D eigenvalue weighted by molar-refractivity contribution is 0.674. The van der Waals surface area contributed by atoms with Crippen molar-refractivity contribution in [3.05, 3.63) is 229 Å². The normalized spacial score (nSPS) is 13.7. The first-order chi connectivity index (χ1) is 26.8. The van der Waals surface area contributed by atoms with Gasteiger partial charge >= 0.3 is 0 Å². The van der Waals surface area contributed by atoms with Gasteiger partial charge in [0.15, 0.2) is 5.84 Å². The zero-order valence-corrected chi connectivity index (χ0v) is 29.7. The molecule has 0 saturated heterocycles. The molecular weight excluding hydrogens is 655 g/mol. The third-order valence-corrected chi connectivity index (χ3v) is 9.91. The van der Waals surface area contributed by atoms with Crippen molar-refractivity contribution in [2.75, 3.05) is 0 Å². The lowest BCUT2D eigenvalue weighted by Crippen LogP contribution is -2.33. The van der Waals surface area contributed by atoms with Crippen molar-refractivity contribution in [3.63, 3.8) is 0 Å². The van der Waals surface area contributed by atoms with Crippen LogP contribution in [0.5, 0.6) is 0 Å². The van der Waals surface area contributed by atoms with Crippen LogP contribution in [0.25, 0.3) is 55.6 Å². The zero-order chi connectivity index (χ0) is 36.1. The summed E-state index contributed by atoms with van der Waals surface area (Å²) in [6.45, 7) is 0. The second-order valence-corrected chi connectivity index (χ2v) is 13.4. The van der Waals surface area contributed by atoms with Gasteiger partial charge in [0.25, 0.3) is 0 Å². The maximum Gasteiger partial charge on any atom is 0.159 e. The van der Waals surface area contributed by atoms with Crippen LogP contribution in [0.15, 0.2) is 222 Å². The van der Waals surface area contributed by atoms with Gasteiger partial charge in [0.2, 0.25) is 0 Å². The number of nitrogens with zero attached hydrogens (tertiary/aromatic N) is 2. The van der Waals surface area contributed by atoms with Gasteiger partial charge in [-0.15, -0.1) is 0 Å². The Morgan fingerprint density at radius 3 is 1.22 bits per heavy atom. The number of hydrogen-bond donors (Lipinski definition) is 1. The fourth-order valence-electron chi connectivity index (χ4n) is 7.27. The molecule has 3 heteroatoms. The van der Waals surface area contributed by atoms with E-state index in [2.05, 4.69) is 193 Å². The molecule has 0 radical (unpaired) electrons. The molecule has 1 heterocycles. The van der Waals surface area contributed by atoms with E-state index in [1.165, 1.54) is 11.1 Å². The standard InChI is InChI=1S/C51H37N3/c1-7-19-36(20-8-1)42-31-44(33-45(32-42)51-53-49(40-27-15-5-16-28-40)52-50(54-51)41-29-17-6-18-30-41)48-46(38-23-11-3-12-24-38)34-43(37-21-9-2-10-22-37)35-47(48)39-25-13-4-14-26-39/h1-35,49H,(H,52,53,54). The Morgan fingerprint density at radius 2 is 0.722 bits per heavy atom. The molecule has 1 N–H and O–H groups in total. The van der Waals surface area contributed by atoms with E-state index in [4.69, 9.17) is 9.98 Å². The van der Waals surface area contributed by atoms with Gasteiger partial charge in [-0.25, -0.2) is 9.98 Å². The Balaban J connectivity index is 1.33. The first-order valence-corrected chi connectivity index (χ1v) is 18.4. The highest BCUT2D eigenvalue weighted by Gasteiger charge is 2.23. The van der Waals surface area contributed by atoms with E-state index in [-0.39, 0.29) is 6.17 Å². The molecule has 0 fully saturated rings. The Kier molecular flexibility index (Phi) is 9.02. The smallest absolute Gasteiger partial charge is 0.159 e. The highest BCUT2D eigenvalue weighted by molar-refractivity contribution is 6.14. The summed E-state index contributed by atoms with van der Waals surface area (Å²) >= 11 is 0. The van der Waals surface area contributed by atoms with Crippen molar-refractivity contribution in [2.45, 2.75) is 6.17 Å². The number of hydrogen-bond acceptors (Lipinski definition) is 3. The summed E-state index contributed by atoms with van der Waals surface area (Å²) in [5, 5.41) is 3.62. The molecule has 1 unspecified atom stereocenters. The summed E-state index contributed by atoms with van der Waals surface area (Å²) in [6.07, 6.45) is -0.303. The van der Waals surface area contributed by atoms with Gasteiger partial charge in [0.1, 0.15) is 12.0 Å². The third-order valence-electron chi connectivity index (χ3n) is 9.91. The molecule has 256 valence electrons. The average molecular weight is 692 g/mol. The summed E-state index contributed by atoms with van der Waals surface area (Å²) in [7, 11) is 0. The number of aliphatic imine (C=N–C) groups is 2. The van der Waals surface area contributed by atoms with E-state index in [0.29, 0.717) is 5.84 Å². The maximum atomic E-state index is 5.30. The Bertz CT molecular complexity index is 2520. The molecule has 0 aromatic heterocycles. The van der Waals surface area contributed by atoms with Crippen molar-refractivity contribution in [2.24, 2.45) is 9.98 Å². The fraction of sp³-hybridized carbons (Fsp3) is 0.0196. The minimum atomic E-state index is -0.303. The molecule has 0 amide bonds. The lowest BCUT2D eigenvalue weighted by atomic mass is 9.83. The van der Waals surface area contributed by atoms with Gasteiger partial charge in [0, 0.05) is 11.1 Å². The van der Waals surface area contributed by atoms with Crippen molar-refractivity contribution < 1.29 is 0 Å². The van der Waals surface area contributed by atoms with Gasteiger partial charge < -0.3 is 5.32 Å². The number of rotatable bonds is 8. The van der Waals surface area contributed by atoms with Crippen LogP contribution >= 0.6 is 0 Å². The van der Waals surface area contributed by atoms with Crippen LogP contribution in [0.1, 0.15) is 22.9 Å². The van der Waals surface area contributed by atoms with Crippen LogP contribution in [-0.2, 0) is 0 Å². The zero-order valence-electron chi connectivity index (χ0n) is 29.7. The van der Waals surface area contributed by atoms with Gasteiger partial charge in [0.05, 0.1) is 0 Å². The van der Waals surface area contributed by atoms with E-state index < -0.39 is 0 Å². The minimum Gasteiger partial charge on any atom is -0.344 e. The summed E-state index contributed by atoms with van der Waals surface area (Å²) in [5.41, 5.74) is 14.5. The van der Waals surface area contributed by atoms with Crippen LogP contribution in [0, 0.1) is 0 Å². The molecule has 1 atom stereocenters. The van der Waals surface area contributed by atoms with Crippen molar-refractivity contribution in [1.82, 2.24) is 5.32 Å². The molecule has 0 aliphatic carbocycles. The summed E-state index contributed by atoms with van der Waals surface area (Å²) < 4.78 is 0. The molecule has 54 heavy (non-hydrogen) atoms. The largest absolute Gasteiger partial charge is 0.344 e. The van der Waals surface area contributed by atoms with Gasteiger partial charge in [-0.2, -0.15) is 0 Å². The van der Waals surface area contributed by atoms with Crippen molar-refractivity contribution in [1.29, 1.82) is 0 Å². The molecule has 1 aliphatic rings. The first-order valence-electron chi connectivity index (χ1n) is 18.4. The van der Waals surface area contributed by atoms with Crippen LogP contribution in [0.2, 0.25) is 0 Å². The predicted molar refractivity (Wildman–Crippen MR) is 225 cm³/mol. The fourth-order valence-corrected chi connectivity index (χ4v) is 7.27. The third kappa shape index (κ3) is 6.79. The lowest BCUT2D eigenvalue weighted by Gasteiger charge is -2.24. The molecule has 0 saturated carbocycles. The monoisotopic (exact) mass is 691 g/mol. The molecule has 1 aliphatic heterocycles. The van der Waals surface area contributed by atoms with E-state index in [9.17, 15) is 0 Å². The van der Waals surface area contributed by atoms with Crippen LogP contribution in [0.3, 0.4) is 0 Å². The summed E-state index contributed by atoms with van der Waals surface area (Å²) in [6, 6.07) is 75.0. The van der Waals surface area contributed by atoms with Crippen LogP contribution < -0.4 is 5.32 Å². The Morgan fingerprint density at radius 1 is 0.333 bits per heavy atom. The topological polar surface area (TPSA) is 36.8 Å². The van der Waals surface area contributed by atoms with E-state index in [0.717, 1.165) is 67.0 Å². The van der Waals surface area contributed by atoms with E-state index >= 15 is 0 Å². The van der Waals surface area contributed by atoms with Gasteiger partial charge in [-0.3, -0.25) is 0 Å². The Labute approximate surface area is 316 Å². The molecule has 8 aromatic carbocycles. The number of amidine groups is 2. The second kappa shape index (κ2) is 14.9. The summed E-state index contributed by atoms with van der Waals surface area (Å²) in [4.78, 5) is 10.5. The Hall–Kier alpha value is -7.10. The highest BCUT2D eigenvalue weighted by atomic mass is 15.2. The van der Waals surface area contributed by atoms with Crippen LogP contribution in [-0.4, -0.2) is 11.7 Å². The van der Waals surface area contributed by atoms with Gasteiger partial charge in [-0.05, 0) is 91.5 Å². The molecule has 0 bridgehead atoms. The second-order valence-electron chi connectivity index (χ2n) is 13.4. The highest BCUT2D eigenvalue weighted by Crippen LogP contribution is 2.44. The first kappa shape index (κ1) is 32.8. The van der Waals surface area contributed by atoms with E-state index in [1.54, 1.807) is 0 Å². The predicted octanol–water partition coefficient (Wildman–Crippen LogP) is 12.5. The average Bonchev–Trinajstić information content (AvgIpc) is 3.27. The quantitative estimate of drug-likeness (QED) is 0.169. The van der Waals surface area contributed by atoms with Crippen molar-refractivity contribution >= 4 is 11.7 Å². The molecule has 8 aromatic rings. The summed E-state index contributed by atoms with van der Waals surface area (Å²) in [5.74, 6) is 1.48. The van der Waals surface area contributed by atoms with Crippen LogP contribution in [0.4, 0.5) is 0 Å². The minimum absolute atomic E-state index is 0.303. The SMILES string of the molecule is c1ccc(C2=NC(c3cc(-c4ccccc4)cc(-c4c(-c5ccccc5)cc(-c5ccccc5)cc4-c4ccccc4)c3)=NC(c3ccccc3)N2)cc1. The maximum absolute atomic E-state index is 5.30. The van der Waals surface area contributed by atoms with Crippen molar-refractivity contribution in [3.8, 4) is 55.6 Å². The molecule has 3 nitrogen and oxygen atoms in total. The molecule has 9 rings (SSSR count).